The molecule has 0 aliphatic heterocycles. The zero-order valence-corrected chi connectivity index (χ0v) is 10.2. The Balaban J connectivity index is 1.70. The standard InChI is InChI=1S/C13H15N3O2/c1-8-15-13(16-18-8)7-17-10-3-4-11-9(6-10)2-5-12(11)14/h3-4,6,12H,2,5,7,14H2,1H3/t12-/m1/s1. The van der Waals surface area contributed by atoms with E-state index in [-0.39, 0.29) is 6.04 Å². The Bertz CT molecular complexity index is 565. The van der Waals surface area contributed by atoms with Crippen LogP contribution in [-0.2, 0) is 13.0 Å². The Morgan fingerprint density at radius 2 is 2.39 bits per heavy atom. The van der Waals surface area contributed by atoms with E-state index in [0.29, 0.717) is 18.3 Å². The van der Waals surface area contributed by atoms with Crippen LogP contribution in [0.2, 0.25) is 0 Å². The highest BCUT2D eigenvalue weighted by molar-refractivity contribution is 5.40. The van der Waals surface area contributed by atoms with Gasteiger partial charge in [0.05, 0.1) is 0 Å². The molecule has 2 aromatic rings. The largest absolute Gasteiger partial charge is 0.485 e. The molecule has 0 bridgehead atoms. The summed E-state index contributed by atoms with van der Waals surface area (Å²) >= 11 is 0. The van der Waals surface area contributed by atoms with Crippen LogP contribution in [-0.4, -0.2) is 10.1 Å². The van der Waals surface area contributed by atoms with Crippen molar-refractivity contribution in [3.05, 3.63) is 41.0 Å². The summed E-state index contributed by atoms with van der Waals surface area (Å²) in [6, 6.07) is 6.21. The fourth-order valence-electron chi connectivity index (χ4n) is 2.26. The number of nitrogens with zero attached hydrogens (tertiary/aromatic N) is 2. The Labute approximate surface area is 105 Å². The number of ether oxygens (including phenoxy) is 1. The molecule has 0 fully saturated rings. The van der Waals surface area contributed by atoms with E-state index in [1.807, 2.05) is 12.1 Å². The van der Waals surface area contributed by atoms with Gasteiger partial charge in [0.25, 0.3) is 0 Å². The maximum atomic E-state index is 5.99. The Morgan fingerprint density at radius 1 is 1.50 bits per heavy atom. The molecule has 18 heavy (non-hydrogen) atoms. The van der Waals surface area contributed by atoms with Crippen LogP contribution in [0.4, 0.5) is 0 Å². The molecule has 0 unspecified atom stereocenters. The molecule has 5 nitrogen and oxygen atoms in total. The average Bonchev–Trinajstić information content (AvgIpc) is 2.94. The molecule has 0 amide bonds. The minimum atomic E-state index is 0.175. The number of hydrogen-bond donors (Lipinski definition) is 1. The van der Waals surface area contributed by atoms with Crippen molar-refractivity contribution in [2.75, 3.05) is 0 Å². The van der Waals surface area contributed by atoms with Gasteiger partial charge in [0, 0.05) is 13.0 Å². The van der Waals surface area contributed by atoms with Crippen molar-refractivity contribution in [2.45, 2.75) is 32.4 Å². The molecular weight excluding hydrogens is 230 g/mol. The molecule has 1 aromatic heterocycles. The average molecular weight is 245 g/mol. The predicted octanol–water partition coefficient (Wildman–Crippen LogP) is 1.90. The lowest BCUT2D eigenvalue weighted by Gasteiger charge is -2.07. The van der Waals surface area contributed by atoms with Crippen molar-refractivity contribution in [3.8, 4) is 5.75 Å². The first-order valence-corrected chi connectivity index (χ1v) is 6.03. The summed E-state index contributed by atoms with van der Waals surface area (Å²) in [6.07, 6.45) is 2.04. The number of aromatic nitrogens is 2. The lowest BCUT2D eigenvalue weighted by molar-refractivity contribution is 0.285. The molecule has 1 atom stereocenters. The molecule has 1 aliphatic carbocycles. The van der Waals surface area contributed by atoms with Crippen LogP contribution >= 0.6 is 0 Å². The van der Waals surface area contributed by atoms with E-state index < -0.39 is 0 Å². The van der Waals surface area contributed by atoms with Crippen molar-refractivity contribution >= 4 is 0 Å². The van der Waals surface area contributed by atoms with Gasteiger partial charge >= 0.3 is 0 Å². The second kappa shape index (κ2) is 4.42. The molecular formula is C13H15N3O2. The number of fused-ring (bicyclic) bond motifs is 1. The zero-order chi connectivity index (χ0) is 12.5. The SMILES string of the molecule is Cc1nc(COc2ccc3c(c2)CC[C@H]3N)no1. The normalized spacial score (nSPS) is 17.8. The molecule has 0 saturated carbocycles. The highest BCUT2D eigenvalue weighted by Gasteiger charge is 2.19. The molecule has 1 heterocycles. The number of benzene rings is 1. The molecule has 2 N–H and O–H groups in total. The highest BCUT2D eigenvalue weighted by Crippen LogP contribution is 2.31. The minimum absolute atomic E-state index is 0.175. The number of aryl methyl sites for hydroxylation is 2. The van der Waals surface area contributed by atoms with E-state index >= 15 is 0 Å². The Morgan fingerprint density at radius 3 is 3.17 bits per heavy atom. The Kier molecular flexibility index (Phi) is 2.76. The van der Waals surface area contributed by atoms with E-state index in [1.165, 1.54) is 11.1 Å². The molecule has 0 saturated heterocycles. The predicted molar refractivity (Wildman–Crippen MR) is 65.1 cm³/mol. The smallest absolute Gasteiger partial charge is 0.223 e. The maximum Gasteiger partial charge on any atom is 0.223 e. The summed E-state index contributed by atoms with van der Waals surface area (Å²) in [4.78, 5) is 4.09. The van der Waals surface area contributed by atoms with Crippen LogP contribution in [0.3, 0.4) is 0 Å². The quantitative estimate of drug-likeness (QED) is 0.894. The van der Waals surface area contributed by atoms with E-state index in [0.717, 1.165) is 18.6 Å². The number of nitrogens with two attached hydrogens (primary N) is 1. The van der Waals surface area contributed by atoms with Gasteiger partial charge in [0.15, 0.2) is 6.61 Å². The molecule has 5 heteroatoms. The van der Waals surface area contributed by atoms with Crippen molar-refractivity contribution in [3.63, 3.8) is 0 Å². The van der Waals surface area contributed by atoms with Gasteiger partial charge in [0.1, 0.15) is 5.75 Å². The summed E-state index contributed by atoms with van der Waals surface area (Å²) in [7, 11) is 0. The fourth-order valence-corrected chi connectivity index (χ4v) is 2.26. The lowest BCUT2D eigenvalue weighted by Crippen LogP contribution is -2.05. The summed E-state index contributed by atoms with van der Waals surface area (Å²) in [6.45, 7) is 2.08. The third-order valence-electron chi connectivity index (χ3n) is 3.18. The van der Waals surface area contributed by atoms with Gasteiger partial charge in [-0.2, -0.15) is 4.98 Å². The van der Waals surface area contributed by atoms with Gasteiger partial charge in [-0.05, 0) is 36.1 Å². The number of hydrogen-bond acceptors (Lipinski definition) is 5. The third-order valence-corrected chi connectivity index (χ3v) is 3.18. The molecule has 0 spiro atoms. The summed E-state index contributed by atoms with van der Waals surface area (Å²) in [5.74, 6) is 1.93. The molecule has 1 aliphatic rings. The van der Waals surface area contributed by atoms with E-state index in [2.05, 4.69) is 16.2 Å². The van der Waals surface area contributed by atoms with E-state index in [9.17, 15) is 0 Å². The number of rotatable bonds is 3. The van der Waals surface area contributed by atoms with Crippen molar-refractivity contribution < 1.29 is 9.26 Å². The van der Waals surface area contributed by atoms with Crippen LogP contribution in [0.1, 0.15) is 35.3 Å². The third kappa shape index (κ3) is 2.09. The van der Waals surface area contributed by atoms with Gasteiger partial charge in [-0.25, -0.2) is 0 Å². The minimum Gasteiger partial charge on any atom is -0.485 e. The summed E-state index contributed by atoms with van der Waals surface area (Å²) in [5, 5.41) is 3.78. The van der Waals surface area contributed by atoms with Gasteiger partial charge in [-0.15, -0.1) is 0 Å². The van der Waals surface area contributed by atoms with Crippen LogP contribution < -0.4 is 10.5 Å². The van der Waals surface area contributed by atoms with Crippen LogP contribution in [0, 0.1) is 6.92 Å². The van der Waals surface area contributed by atoms with Crippen molar-refractivity contribution in [1.29, 1.82) is 0 Å². The first-order valence-electron chi connectivity index (χ1n) is 6.03. The summed E-state index contributed by atoms with van der Waals surface area (Å²) < 4.78 is 10.5. The van der Waals surface area contributed by atoms with E-state index in [4.69, 9.17) is 15.0 Å². The molecule has 1 aromatic carbocycles. The Hall–Kier alpha value is -1.88. The van der Waals surface area contributed by atoms with Crippen molar-refractivity contribution in [1.82, 2.24) is 10.1 Å². The monoisotopic (exact) mass is 245 g/mol. The first kappa shape index (κ1) is 11.2. The van der Waals surface area contributed by atoms with Crippen LogP contribution in [0.5, 0.6) is 5.75 Å². The van der Waals surface area contributed by atoms with Gasteiger partial charge in [-0.3, -0.25) is 0 Å². The van der Waals surface area contributed by atoms with Crippen molar-refractivity contribution in [2.24, 2.45) is 5.73 Å². The van der Waals surface area contributed by atoms with Gasteiger partial charge in [0.2, 0.25) is 11.7 Å². The second-order valence-corrected chi connectivity index (χ2v) is 4.52. The fraction of sp³-hybridized carbons (Fsp3) is 0.385. The topological polar surface area (TPSA) is 74.2 Å². The molecule has 94 valence electrons. The van der Waals surface area contributed by atoms with Gasteiger partial charge in [-0.1, -0.05) is 11.2 Å². The molecule has 3 rings (SSSR count). The van der Waals surface area contributed by atoms with Crippen LogP contribution in [0.15, 0.2) is 22.7 Å². The van der Waals surface area contributed by atoms with Crippen LogP contribution in [0.25, 0.3) is 0 Å². The molecule has 0 radical (unpaired) electrons. The zero-order valence-electron chi connectivity index (χ0n) is 10.2. The maximum absolute atomic E-state index is 5.99. The lowest BCUT2D eigenvalue weighted by atomic mass is 10.1. The first-order chi connectivity index (χ1) is 8.72. The highest BCUT2D eigenvalue weighted by atomic mass is 16.5. The van der Waals surface area contributed by atoms with E-state index in [1.54, 1.807) is 6.92 Å². The van der Waals surface area contributed by atoms with Gasteiger partial charge < -0.3 is 15.0 Å². The second-order valence-electron chi connectivity index (χ2n) is 4.52. The summed E-state index contributed by atoms with van der Waals surface area (Å²) in [5.41, 5.74) is 8.51.